The molecule has 2 amide bonds. The first kappa shape index (κ1) is 18.3. The van der Waals surface area contributed by atoms with Crippen LogP contribution in [0.5, 0.6) is 5.75 Å². The van der Waals surface area contributed by atoms with E-state index in [1.165, 1.54) is 0 Å². The molecule has 24 heavy (non-hydrogen) atoms. The molecule has 0 aliphatic rings. The molecule has 0 aromatic heterocycles. The van der Waals surface area contributed by atoms with Gasteiger partial charge in [0.15, 0.2) is 6.61 Å². The number of nitrogens with zero attached hydrogens (tertiary/aromatic N) is 1. The van der Waals surface area contributed by atoms with E-state index in [2.05, 4.69) is 22.6 Å². The molecule has 0 saturated carbocycles. The molecule has 2 N–H and O–H groups in total. The number of hydrogen-bond donors (Lipinski definition) is 1. The van der Waals surface area contributed by atoms with Gasteiger partial charge in [0, 0.05) is 23.1 Å². The zero-order valence-electron chi connectivity index (χ0n) is 13.2. The normalized spacial score (nSPS) is 10.2. The standard InChI is InChI=1S/C18H19IN2O3/c19-15-6-8-16(9-7-15)24-13-18(23)21(11-10-17(20)22)12-14-4-2-1-3-5-14/h1-9H,10-13H2,(H2,20,22). The van der Waals surface area contributed by atoms with Crippen molar-refractivity contribution < 1.29 is 14.3 Å². The van der Waals surface area contributed by atoms with Gasteiger partial charge < -0.3 is 15.4 Å². The molecule has 5 nitrogen and oxygen atoms in total. The average Bonchev–Trinajstić information content (AvgIpc) is 2.58. The van der Waals surface area contributed by atoms with Crippen molar-refractivity contribution in [3.05, 3.63) is 63.7 Å². The van der Waals surface area contributed by atoms with Crippen molar-refractivity contribution in [1.82, 2.24) is 4.90 Å². The molecule has 2 aromatic carbocycles. The molecule has 0 spiro atoms. The summed E-state index contributed by atoms with van der Waals surface area (Å²) in [7, 11) is 0. The summed E-state index contributed by atoms with van der Waals surface area (Å²) in [6.45, 7) is 0.619. The number of nitrogens with two attached hydrogens (primary N) is 1. The summed E-state index contributed by atoms with van der Waals surface area (Å²) >= 11 is 2.20. The van der Waals surface area contributed by atoms with E-state index in [0.717, 1.165) is 9.13 Å². The number of hydrogen-bond acceptors (Lipinski definition) is 3. The first-order chi connectivity index (χ1) is 11.5. The van der Waals surface area contributed by atoms with E-state index in [1.807, 2.05) is 54.6 Å². The molecule has 0 saturated heterocycles. The molecule has 0 bridgehead atoms. The predicted octanol–water partition coefficient (Wildman–Crippen LogP) is 2.57. The largest absolute Gasteiger partial charge is 0.484 e. The molecule has 0 aliphatic carbocycles. The summed E-state index contributed by atoms with van der Waals surface area (Å²) in [5.74, 6) is 0.0244. The van der Waals surface area contributed by atoms with Gasteiger partial charge in [-0.15, -0.1) is 0 Å². The highest BCUT2D eigenvalue weighted by Gasteiger charge is 2.15. The Bertz CT molecular complexity index is 674. The van der Waals surface area contributed by atoms with Gasteiger partial charge in [-0.3, -0.25) is 9.59 Å². The lowest BCUT2D eigenvalue weighted by Gasteiger charge is -2.22. The van der Waals surface area contributed by atoms with Gasteiger partial charge in [0.2, 0.25) is 5.91 Å². The monoisotopic (exact) mass is 438 g/mol. The van der Waals surface area contributed by atoms with Crippen LogP contribution in [-0.4, -0.2) is 29.9 Å². The summed E-state index contributed by atoms with van der Waals surface area (Å²) < 4.78 is 6.63. The molecule has 0 heterocycles. The lowest BCUT2D eigenvalue weighted by atomic mass is 10.2. The first-order valence-electron chi connectivity index (χ1n) is 7.53. The minimum absolute atomic E-state index is 0.0772. The summed E-state index contributed by atoms with van der Waals surface area (Å²) in [5.41, 5.74) is 6.19. The van der Waals surface area contributed by atoms with Crippen LogP contribution >= 0.6 is 22.6 Å². The summed E-state index contributed by atoms with van der Waals surface area (Å²) in [5, 5.41) is 0. The predicted molar refractivity (Wildman–Crippen MR) is 100 cm³/mol. The number of primary amides is 1. The molecule has 2 aromatic rings. The Labute approximate surface area is 154 Å². The van der Waals surface area contributed by atoms with E-state index in [4.69, 9.17) is 10.5 Å². The number of ether oxygens (including phenoxy) is 1. The van der Waals surface area contributed by atoms with Crippen LogP contribution in [0.3, 0.4) is 0 Å². The van der Waals surface area contributed by atoms with Crippen LogP contribution in [0.2, 0.25) is 0 Å². The van der Waals surface area contributed by atoms with Crippen molar-refractivity contribution in [2.45, 2.75) is 13.0 Å². The van der Waals surface area contributed by atoms with Gasteiger partial charge in [0.25, 0.3) is 5.91 Å². The Kier molecular flexibility index (Phi) is 7.05. The van der Waals surface area contributed by atoms with Gasteiger partial charge in [0.05, 0.1) is 0 Å². The fourth-order valence-corrected chi connectivity index (χ4v) is 2.47. The van der Waals surface area contributed by atoms with Gasteiger partial charge >= 0.3 is 0 Å². The van der Waals surface area contributed by atoms with Crippen LogP contribution in [0.4, 0.5) is 0 Å². The Morgan fingerprint density at radius 2 is 1.71 bits per heavy atom. The fourth-order valence-electron chi connectivity index (χ4n) is 2.11. The quantitative estimate of drug-likeness (QED) is 0.645. The summed E-state index contributed by atoms with van der Waals surface area (Å²) in [4.78, 5) is 25.1. The third kappa shape index (κ3) is 6.19. The first-order valence-corrected chi connectivity index (χ1v) is 8.61. The summed E-state index contributed by atoms with van der Waals surface area (Å²) in [6.07, 6.45) is 0.127. The number of benzene rings is 2. The molecule has 6 heteroatoms. The highest BCUT2D eigenvalue weighted by molar-refractivity contribution is 14.1. The molecule has 0 radical (unpaired) electrons. The molecule has 0 atom stereocenters. The highest BCUT2D eigenvalue weighted by atomic mass is 127. The zero-order valence-corrected chi connectivity index (χ0v) is 15.3. The molecule has 0 aliphatic heterocycles. The van der Waals surface area contributed by atoms with Crippen molar-refractivity contribution in [1.29, 1.82) is 0 Å². The minimum Gasteiger partial charge on any atom is -0.484 e. The fraction of sp³-hybridized carbons (Fsp3) is 0.222. The van der Waals surface area contributed by atoms with Crippen LogP contribution in [0.25, 0.3) is 0 Å². The van der Waals surface area contributed by atoms with E-state index < -0.39 is 5.91 Å². The van der Waals surface area contributed by atoms with Crippen LogP contribution in [-0.2, 0) is 16.1 Å². The van der Waals surface area contributed by atoms with Crippen LogP contribution in [0, 0.1) is 3.57 Å². The topological polar surface area (TPSA) is 72.6 Å². The number of rotatable bonds is 8. The van der Waals surface area contributed by atoms with E-state index >= 15 is 0 Å². The van der Waals surface area contributed by atoms with Gasteiger partial charge in [-0.1, -0.05) is 30.3 Å². The van der Waals surface area contributed by atoms with Gasteiger partial charge in [-0.05, 0) is 52.4 Å². The van der Waals surface area contributed by atoms with Crippen molar-refractivity contribution in [3.63, 3.8) is 0 Å². The van der Waals surface area contributed by atoms with E-state index in [9.17, 15) is 9.59 Å². The van der Waals surface area contributed by atoms with E-state index in [0.29, 0.717) is 12.3 Å². The summed E-state index contributed by atoms with van der Waals surface area (Å²) in [6, 6.07) is 17.1. The van der Waals surface area contributed by atoms with Crippen molar-refractivity contribution in [3.8, 4) is 5.75 Å². The van der Waals surface area contributed by atoms with E-state index in [1.54, 1.807) is 4.90 Å². The Morgan fingerprint density at radius 1 is 1.04 bits per heavy atom. The van der Waals surface area contributed by atoms with Crippen molar-refractivity contribution in [2.24, 2.45) is 5.73 Å². The second kappa shape index (κ2) is 9.27. The maximum atomic E-state index is 12.4. The Morgan fingerprint density at radius 3 is 2.33 bits per heavy atom. The average molecular weight is 438 g/mol. The lowest BCUT2D eigenvalue weighted by Crippen LogP contribution is -2.36. The van der Waals surface area contributed by atoms with Crippen LogP contribution < -0.4 is 10.5 Å². The number of halogens is 1. The molecular weight excluding hydrogens is 419 g/mol. The molecule has 0 unspecified atom stereocenters. The number of carbonyl (C=O) groups is 2. The SMILES string of the molecule is NC(=O)CCN(Cc1ccccc1)C(=O)COc1ccc(I)cc1. The lowest BCUT2D eigenvalue weighted by molar-refractivity contribution is -0.134. The second-order valence-corrected chi connectivity index (χ2v) is 6.51. The maximum absolute atomic E-state index is 12.4. The third-order valence-corrected chi connectivity index (χ3v) is 4.09. The zero-order chi connectivity index (χ0) is 17.4. The Balaban J connectivity index is 1.97. The van der Waals surface area contributed by atoms with Gasteiger partial charge in [0.1, 0.15) is 5.75 Å². The third-order valence-electron chi connectivity index (χ3n) is 3.37. The highest BCUT2D eigenvalue weighted by Crippen LogP contribution is 2.14. The number of amides is 2. The number of carbonyl (C=O) groups excluding carboxylic acids is 2. The molecule has 126 valence electrons. The van der Waals surface area contributed by atoms with E-state index in [-0.39, 0.29) is 25.5 Å². The Hall–Kier alpha value is -2.09. The van der Waals surface area contributed by atoms with Crippen LogP contribution in [0.1, 0.15) is 12.0 Å². The molecule has 2 rings (SSSR count). The van der Waals surface area contributed by atoms with Gasteiger partial charge in [-0.2, -0.15) is 0 Å². The van der Waals surface area contributed by atoms with Crippen molar-refractivity contribution in [2.75, 3.05) is 13.2 Å². The molecular formula is C18H19IN2O3. The van der Waals surface area contributed by atoms with Crippen LogP contribution in [0.15, 0.2) is 54.6 Å². The van der Waals surface area contributed by atoms with Gasteiger partial charge in [-0.25, -0.2) is 0 Å². The van der Waals surface area contributed by atoms with Crippen molar-refractivity contribution >= 4 is 34.4 Å². The molecule has 0 fully saturated rings. The minimum atomic E-state index is -0.431. The second-order valence-electron chi connectivity index (χ2n) is 5.26. The maximum Gasteiger partial charge on any atom is 0.260 e. The smallest absolute Gasteiger partial charge is 0.260 e.